The molecule has 0 saturated carbocycles. The van der Waals surface area contributed by atoms with E-state index in [-0.39, 0.29) is 5.97 Å². The van der Waals surface area contributed by atoms with Gasteiger partial charge < -0.3 is 9.64 Å². The van der Waals surface area contributed by atoms with Gasteiger partial charge in [-0.15, -0.1) is 0 Å². The molecule has 1 heterocycles. The number of anilines is 1. The molecule has 0 aliphatic rings. The van der Waals surface area contributed by atoms with Gasteiger partial charge in [-0.1, -0.05) is 25.2 Å². The summed E-state index contributed by atoms with van der Waals surface area (Å²) in [6.45, 7) is 4.30. The van der Waals surface area contributed by atoms with E-state index in [0.717, 1.165) is 18.0 Å². The van der Waals surface area contributed by atoms with Crippen molar-refractivity contribution in [3.63, 3.8) is 0 Å². The number of thiazole rings is 1. The van der Waals surface area contributed by atoms with Gasteiger partial charge in [-0.3, -0.25) is 0 Å². The van der Waals surface area contributed by atoms with Crippen molar-refractivity contribution in [2.24, 2.45) is 0 Å². The molecule has 16 heavy (non-hydrogen) atoms. The Morgan fingerprint density at radius 2 is 2.19 bits per heavy atom. The van der Waals surface area contributed by atoms with Crippen LogP contribution in [-0.2, 0) is 4.74 Å². The first-order valence-corrected chi connectivity index (χ1v) is 6.22. The van der Waals surface area contributed by atoms with E-state index in [1.165, 1.54) is 18.4 Å². The molecule has 0 unspecified atom stereocenters. The topological polar surface area (TPSA) is 42.4 Å². The van der Waals surface area contributed by atoms with Gasteiger partial charge >= 0.3 is 5.97 Å². The molecule has 0 aromatic carbocycles. The van der Waals surface area contributed by atoms with E-state index >= 15 is 0 Å². The van der Waals surface area contributed by atoms with E-state index in [2.05, 4.69) is 28.5 Å². The Labute approximate surface area is 100 Å². The Morgan fingerprint density at radius 3 is 2.69 bits per heavy atom. The highest BCUT2D eigenvalue weighted by atomic mass is 32.1. The molecule has 1 aromatic heterocycles. The van der Waals surface area contributed by atoms with E-state index < -0.39 is 0 Å². The summed E-state index contributed by atoms with van der Waals surface area (Å²) in [6, 6.07) is 0.469. The van der Waals surface area contributed by atoms with Crippen LogP contribution in [-0.4, -0.2) is 31.2 Å². The zero-order chi connectivity index (χ0) is 12.1. The van der Waals surface area contributed by atoms with Crippen LogP contribution in [0.2, 0.25) is 0 Å². The number of esters is 1. The van der Waals surface area contributed by atoms with E-state index in [1.54, 1.807) is 6.20 Å². The van der Waals surface area contributed by atoms with Gasteiger partial charge in [-0.25, -0.2) is 9.78 Å². The monoisotopic (exact) mass is 242 g/mol. The lowest BCUT2D eigenvalue weighted by Crippen LogP contribution is -2.30. The molecular formula is C11H18N2O2S. The standard InChI is InChI=1S/C11H18N2O2S/c1-5-8(6-2)13(3)11-12-7-9(16-11)10(14)15-4/h7-8H,5-6H2,1-4H3. The number of carbonyl (C=O) groups is 1. The SMILES string of the molecule is CCC(CC)N(C)c1ncc(C(=O)OC)s1. The molecule has 1 rings (SSSR count). The zero-order valence-corrected chi connectivity index (χ0v) is 11.0. The molecule has 0 amide bonds. The van der Waals surface area contributed by atoms with E-state index in [9.17, 15) is 4.79 Å². The van der Waals surface area contributed by atoms with Gasteiger partial charge in [0.2, 0.25) is 0 Å². The van der Waals surface area contributed by atoms with Crippen LogP contribution in [0.4, 0.5) is 5.13 Å². The second kappa shape index (κ2) is 5.84. The average molecular weight is 242 g/mol. The van der Waals surface area contributed by atoms with Gasteiger partial charge in [0.25, 0.3) is 0 Å². The third kappa shape index (κ3) is 2.72. The molecule has 0 radical (unpaired) electrons. The summed E-state index contributed by atoms with van der Waals surface area (Å²) in [7, 11) is 3.39. The van der Waals surface area contributed by atoms with Gasteiger partial charge in [0.05, 0.1) is 13.3 Å². The van der Waals surface area contributed by atoms with Crippen LogP contribution in [0, 0.1) is 0 Å². The number of hydrogen-bond acceptors (Lipinski definition) is 5. The highest BCUT2D eigenvalue weighted by Crippen LogP contribution is 2.25. The summed E-state index contributed by atoms with van der Waals surface area (Å²) in [5, 5.41) is 0.870. The molecule has 4 nitrogen and oxygen atoms in total. The molecular weight excluding hydrogens is 224 g/mol. The molecule has 0 saturated heterocycles. The number of nitrogens with zero attached hydrogens (tertiary/aromatic N) is 2. The minimum atomic E-state index is -0.318. The summed E-state index contributed by atoms with van der Waals surface area (Å²) in [6.07, 6.45) is 3.71. The third-order valence-corrected chi connectivity index (χ3v) is 3.74. The van der Waals surface area contributed by atoms with Crippen molar-refractivity contribution in [3.05, 3.63) is 11.1 Å². The van der Waals surface area contributed by atoms with E-state index in [4.69, 9.17) is 0 Å². The number of aromatic nitrogens is 1. The molecule has 90 valence electrons. The smallest absolute Gasteiger partial charge is 0.349 e. The molecule has 5 heteroatoms. The molecule has 0 aliphatic carbocycles. The van der Waals surface area contributed by atoms with Crippen molar-refractivity contribution in [1.82, 2.24) is 4.98 Å². The van der Waals surface area contributed by atoms with E-state index in [1.807, 2.05) is 7.05 Å². The van der Waals surface area contributed by atoms with E-state index in [0.29, 0.717) is 10.9 Å². The van der Waals surface area contributed by atoms with Crippen molar-refractivity contribution < 1.29 is 9.53 Å². The number of rotatable bonds is 5. The minimum Gasteiger partial charge on any atom is -0.465 e. The largest absolute Gasteiger partial charge is 0.465 e. The minimum absolute atomic E-state index is 0.318. The Balaban J connectivity index is 2.80. The van der Waals surface area contributed by atoms with Crippen LogP contribution in [0.5, 0.6) is 0 Å². The fraction of sp³-hybridized carbons (Fsp3) is 0.636. The number of methoxy groups -OCH3 is 1. The van der Waals surface area contributed by atoms with Crippen molar-refractivity contribution in [2.75, 3.05) is 19.1 Å². The van der Waals surface area contributed by atoms with Crippen molar-refractivity contribution in [3.8, 4) is 0 Å². The molecule has 0 bridgehead atoms. The maximum Gasteiger partial charge on any atom is 0.349 e. The average Bonchev–Trinajstić information content (AvgIpc) is 2.78. The Bertz CT molecular complexity index is 348. The predicted molar refractivity (Wildman–Crippen MR) is 66.2 cm³/mol. The summed E-state index contributed by atoms with van der Waals surface area (Å²) in [4.78, 5) is 18.2. The van der Waals surface area contributed by atoms with Crippen LogP contribution in [0.1, 0.15) is 36.4 Å². The van der Waals surface area contributed by atoms with Crippen LogP contribution >= 0.6 is 11.3 Å². The van der Waals surface area contributed by atoms with Crippen LogP contribution in [0.25, 0.3) is 0 Å². The second-order valence-corrected chi connectivity index (χ2v) is 4.59. The molecule has 0 N–H and O–H groups in total. The lowest BCUT2D eigenvalue weighted by atomic mass is 10.1. The zero-order valence-electron chi connectivity index (χ0n) is 10.2. The fourth-order valence-corrected chi connectivity index (χ4v) is 2.48. The van der Waals surface area contributed by atoms with Crippen molar-refractivity contribution in [1.29, 1.82) is 0 Å². The number of ether oxygens (including phenoxy) is 1. The summed E-state index contributed by atoms with van der Waals surface area (Å²) >= 11 is 1.37. The van der Waals surface area contributed by atoms with Crippen LogP contribution in [0.15, 0.2) is 6.20 Å². The van der Waals surface area contributed by atoms with Gasteiger partial charge in [0.1, 0.15) is 4.88 Å². The summed E-state index contributed by atoms with van der Waals surface area (Å²) < 4.78 is 4.66. The van der Waals surface area contributed by atoms with Gasteiger partial charge in [0.15, 0.2) is 5.13 Å². The van der Waals surface area contributed by atoms with Crippen molar-refractivity contribution >= 4 is 22.4 Å². The van der Waals surface area contributed by atoms with Crippen LogP contribution < -0.4 is 4.90 Å². The highest BCUT2D eigenvalue weighted by Gasteiger charge is 2.17. The normalized spacial score (nSPS) is 10.6. The molecule has 0 atom stereocenters. The van der Waals surface area contributed by atoms with Crippen molar-refractivity contribution in [2.45, 2.75) is 32.7 Å². The first-order valence-electron chi connectivity index (χ1n) is 5.40. The second-order valence-electron chi connectivity index (χ2n) is 3.58. The van der Waals surface area contributed by atoms with Gasteiger partial charge in [0, 0.05) is 13.1 Å². The summed E-state index contributed by atoms with van der Waals surface area (Å²) in [5.41, 5.74) is 0. The quantitative estimate of drug-likeness (QED) is 0.744. The first kappa shape index (κ1) is 13.0. The molecule has 1 aromatic rings. The fourth-order valence-electron chi connectivity index (χ4n) is 1.62. The van der Waals surface area contributed by atoms with Gasteiger partial charge in [-0.05, 0) is 12.8 Å². The Morgan fingerprint density at radius 1 is 1.56 bits per heavy atom. The first-order chi connectivity index (χ1) is 7.63. The lowest BCUT2D eigenvalue weighted by Gasteiger charge is -2.25. The Hall–Kier alpha value is -1.10. The third-order valence-electron chi connectivity index (χ3n) is 2.67. The molecule has 0 aliphatic heterocycles. The van der Waals surface area contributed by atoms with Gasteiger partial charge in [-0.2, -0.15) is 0 Å². The number of carbonyl (C=O) groups excluding carboxylic acids is 1. The predicted octanol–water partition coefficient (Wildman–Crippen LogP) is 2.55. The maximum absolute atomic E-state index is 11.3. The number of hydrogen-bond donors (Lipinski definition) is 0. The molecule has 0 fully saturated rings. The lowest BCUT2D eigenvalue weighted by molar-refractivity contribution is 0.0606. The summed E-state index contributed by atoms with van der Waals surface area (Å²) in [5.74, 6) is -0.318. The highest BCUT2D eigenvalue weighted by molar-refractivity contribution is 7.17. The Kier molecular flexibility index (Phi) is 4.73. The molecule has 0 spiro atoms. The van der Waals surface area contributed by atoms with Crippen LogP contribution in [0.3, 0.4) is 0 Å². The maximum atomic E-state index is 11.3.